The summed E-state index contributed by atoms with van der Waals surface area (Å²) in [4.78, 5) is 0. The molecular formula is C46H38N2O. The van der Waals surface area contributed by atoms with Gasteiger partial charge in [-0.2, -0.15) is 0 Å². The van der Waals surface area contributed by atoms with Gasteiger partial charge in [0.2, 0.25) is 0 Å². The van der Waals surface area contributed by atoms with Gasteiger partial charge in [-0.25, -0.2) is 0 Å². The van der Waals surface area contributed by atoms with Crippen molar-refractivity contribution < 1.29 is 4.42 Å². The van der Waals surface area contributed by atoms with E-state index in [1.54, 1.807) is 0 Å². The maximum atomic E-state index is 6.44. The Bertz CT molecular complexity index is 2340. The molecule has 0 radical (unpaired) electrons. The summed E-state index contributed by atoms with van der Waals surface area (Å²) in [7, 11) is 0. The van der Waals surface area contributed by atoms with Crippen LogP contribution in [0.15, 0.2) is 186 Å². The average Bonchev–Trinajstić information content (AvgIpc) is 3.56. The monoisotopic (exact) mass is 634 g/mol. The zero-order valence-corrected chi connectivity index (χ0v) is 27.3. The maximum absolute atomic E-state index is 6.44. The van der Waals surface area contributed by atoms with E-state index in [0.717, 1.165) is 39.6 Å². The summed E-state index contributed by atoms with van der Waals surface area (Å²) in [6.07, 6.45) is 2.83. The quantitative estimate of drug-likeness (QED) is 0.183. The number of benzene rings is 7. The molecule has 0 atom stereocenters. The highest BCUT2D eigenvalue weighted by Crippen LogP contribution is 2.30. The molecule has 0 spiro atoms. The Morgan fingerprint density at radius 3 is 1.67 bits per heavy atom. The van der Waals surface area contributed by atoms with E-state index in [0.29, 0.717) is 6.54 Å². The molecule has 4 N–H and O–H groups in total. The maximum Gasteiger partial charge on any atom is 0.135 e. The molecule has 3 nitrogen and oxygen atoms in total. The molecule has 1 aromatic heterocycles. The first-order chi connectivity index (χ1) is 24.1. The van der Waals surface area contributed by atoms with Crippen molar-refractivity contribution in [1.29, 1.82) is 0 Å². The molecule has 0 saturated heterocycles. The topological polar surface area (TPSA) is 65.2 Å². The first-order valence-electron chi connectivity index (χ1n) is 16.6. The van der Waals surface area contributed by atoms with Gasteiger partial charge in [-0.15, -0.1) is 0 Å². The summed E-state index contributed by atoms with van der Waals surface area (Å²) in [5, 5.41) is 2.30. The zero-order valence-electron chi connectivity index (χ0n) is 27.3. The van der Waals surface area contributed by atoms with Crippen LogP contribution in [0.2, 0.25) is 0 Å². The van der Waals surface area contributed by atoms with Gasteiger partial charge in [-0.05, 0) is 80.8 Å². The number of fused-ring (bicyclic) bond motifs is 3. The molecule has 3 heteroatoms. The van der Waals surface area contributed by atoms with E-state index in [1.165, 1.54) is 44.5 Å². The number of allylic oxidation sites excluding steroid dienone is 1. The van der Waals surface area contributed by atoms with Crippen molar-refractivity contribution >= 4 is 27.6 Å². The number of para-hydroxylation sites is 1. The third-order valence-electron chi connectivity index (χ3n) is 8.79. The molecule has 8 rings (SSSR count). The highest BCUT2D eigenvalue weighted by atomic mass is 16.3. The second kappa shape index (κ2) is 14.7. The Kier molecular flexibility index (Phi) is 9.45. The predicted octanol–water partition coefficient (Wildman–Crippen LogP) is 11.3. The highest BCUT2D eigenvalue weighted by molar-refractivity contribution is 6.04. The first kappa shape index (κ1) is 31.4. The minimum absolute atomic E-state index is 0.598. The Labute approximate surface area is 287 Å². The summed E-state index contributed by atoms with van der Waals surface area (Å²) >= 11 is 0. The molecule has 0 aliphatic heterocycles. The summed E-state index contributed by atoms with van der Waals surface area (Å²) in [5.41, 5.74) is 25.3. The van der Waals surface area contributed by atoms with Gasteiger partial charge in [0.15, 0.2) is 0 Å². The van der Waals surface area contributed by atoms with Gasteiger partial charge in [-0.3, -0.25) is 0 Å². The molecule has 7 aromatic carbocycles. The van der Waals surface area contributed by atoms with E-state index in [2.05, 4.69) is 127 Å². The second-order valence-electron chi connectivity index (χ2n) is 12.1. The minimum Gasteiger partial charge on any atom is -0.456 e. The number of rotatable bonds is 7. The van der Waals surface area contributed by atoms with Crippen LogP contribution in [-0.2, 0) is 13.0 Å². The molecule has 0 amide bonds. The van der Waals surface area contributed by atoms with E-state index in [-0.39, 0.29) is 0 Å². The molecule has 0 aliphatic rings. The van der Waals surface area contributed by atoms with E-state index < -0.39 is 0 Å². The van der Waals surface area contributed by atoms with Crippen molar-refractivity contribution in [2.75, 3.05) is 0 Å². The molecule has 49 heavy (non-hydrogen) atoms. The smallest absolute Gasteiger partial charge is 0.135 e. The molecule has 1 heterocycles. The number of hydrogen-bond acceptors (Lipinski definition) is 3. The fourth-order valence-electron chi connectivity index (χ4n) is 6.12. The SMILES string of the molecule is N/C(=C\Cc1ccc2c(c1)oc1ccccc12)c1ccc(-c2cccc(-c3ccccc3)c2)cc1.NCc1cccc(-c2ccccc2)c1. The van der Waals surface area contributed by atoms with Crippen molar-refractivity contribution in [3.8, 4) is 33.4 Å². The van der Waals surface area contributed by atoms with E-state index in [4.69, 9.17) is 15.9 Å². The van der Waals surface area contributed by atoms with Crippen LogP contribution < -0.4 is 11.5 Å². The Morgan fingerprint density at radius 1 is 0.449 bits per heavy atom. The molecule has 8 aromatic rings. The summed E-state index contributed by atoms with van der Waals surface area (Å²) in [5.74, 6) is 0. The van der Waals surface area contributed by atoms with E-state index in [1.807, 2.05) is 54.6 Å². The molecule has 0 aliphatic carbocycles. The third kappa shape index (κ3) is 7.38. The van der Waals surface area contributed by atoms with Crippen molar-refractivity contribution in [3.05, 3.63) is 199 Å². The summed E-state index contributed by atoms with van der Waals surface area (Å²) < 4.78 is 6.02. The van der Waals surface area contributed by atoms with Crippen LogP contribution >= 0.6 is 0 Å². The van der Waals surface area contributed by atoms with Gasteiger partial charge in [0.25, 0.3) is 0 Å². The number of hydrogen-bond donors (Lipinski definition) is 2. The third-order valence-corrected chi connectivity index (χ3v) is 8.79. The highest BCUT2D eigenvalue weighted by Gasteiger charge is 2.07. The largest absolute Gasteiger partial charge is 0.456 e. The fraction of sp³-hybridized carbons (Fsp3) is 0.0435. The van der Waals surface area contributed by atoms with Gasteiger partial charge in [0.1, 0.15) is 11.2 Å². The Hall–Kier alpha value is -6.16. The van der Waals surface area contributed by atoms with Crippen LogP contribution in [0.1, 0.15) is 16.7 Å². The molecule has 0 unspecified atom stereocenters. The number of nitrogens with two attached hydrogens (primary N) is 2. The lowest BCUT2D eigenvalue weighted by Crippen LogP contribution is -1.97. The average molecular weight is 635 g/mol. The lowest BCUT2D eigenvalue weighted by molar-refractivity contribution is 0.668. The first-order valence-corrected chi connectivity index (χ1v) is 16.6. The van der Waals surface area contributed by atoms with Gasteiger partial charge in [0, 0.05) is 23.0 Å². The van der Waals surface area contributed by atoms with Crippen LogP contribution in [0, 0.1) is 0 Å². The van der Waals surface area contributed by atoms with Crippen molar-refractivity contribution in [2.45, 2.75) is 13.0 Å². The van der Waals surface area contributed by atoms with Gasteiger partial charge < -0.3 is 15.9 Å². The van der Waals surface area contributed by atoms with Crippen LogP contribution in [0.5, 0.6) is 0 Å². The molecule has 0 saturated carbocycles. The fourth-order valence-corrected chi connectivity index (χ4v) is 6.12. The van der Waals surface area contributed by atoms with Crippen LogP contribution in [0.25, 0.3) is 61.0 Å². The van der Waals surface area contributed by atoms with Crippen molar-refractivity contribution in [3.63, 3.8) is 0 Å². The lowest BCUT2D eigenvalue weighted by Gasteiger charge is -2.08. The van der Waals surface area contributed by atoms with Crippen molar-refractivity contribution in [2.24, 2.45) is 11.5 Å². The van der Waals surface area contributed by atoms with E-state index >= 15 is 0 Å². The summed E-state index contributed by atoms with van der Waals surface area (Å²) in [6, 6.07) is 60.8. The van der Waals surface area contributed by atoms with Crippen molar-refractivity contribution in [1.82, 2.24) is 0 Å². The molecule has 0 bridgehead atoms. The van der Waals surface area contributed by atoms with Crippen LogP contribution in [-0.4, -0.2) is 0 Å². The Morgan fingerprint density at radius 2 is 1.00 bits per heavy atom. The van der Waals surface area contributed by atoms with Gasteiger partial charge in [-0.1, -0.05) is 158 Å². The second-order valence-corrected chi connectivity index (χ2v) is 12.1. The standard InChI is InChI=1S/C33H25NO.C13H13N/c34-31(20-14-23-13-19-30-29-11-4-5-12-32(29)35-33(30)21-23)26-17-15-25(16-18-26)28-10-6-9-27(22-28)24-7-2-1-3-8-24;14-10-11-5-4-8-13(9-11)12-6-2-1-3-7-12/h1-13,15-22H,14,34H2;1-9H,10,14H2/b31-20-;. The molecular weight excluding hydrogens is 597 g/mol. The summed E-state index contributed by atoms with van der Waals surface area (Å²) in [6.45, 7) is 0.598. The number of furan rings is 1. The van der Waals surface area contributed by atoms with Gasteiger partial charge in [0.05, 0.1) is 0 Å². The Balaban J connectivity index is 0.000000226. The lowest BCUT2D eigenvalue weighted by atomic mass is 9.98. The normalized spacial score (nSPS) is 11.3. The predicted molar refractivity (Wildman–Crippen MR) is 207 cm³/mol. The van der Waals surface area contributed by atoms with Crippen LogP contribution in [0.3, 0.4) is 0 Å². The zero-order chi connectivity index (χ0) is 33.4. The van der Waals surface area contributed by atoms with Gasteiger partial charge >= 0.3 is 0 Å². The van der Waals surface area contributed by atoms with E-state index in [9.17, 15) is 0 Å². The minimum atomic E-state index is 0.598. The molecule has 238 valence electrons. The molecule has 0 fully saturated rings. The van der Waals surface area contributed by atoms with Crippen LogP contribution in [0.4, 0.5) is 0 Å².